The fourth-order valence-electron chi connectivity index (χ4n) is 3.52. The van der Waals surface area contributed by atoms with Gasteiger partial charge in [0.15, 0.2) is 0 Å². The largest absolute Gasteiger partial charge is 0.395 e. The van der Waals surface area contributed by atoms with E-state index in [4.69, 9.17) is 0 Å². The number of rotatable bonds is 4. The number of nitrogens with zero attached hydrogens (tertiary/aromatic N) is 1. The van der Waals surface area contributed by atoms with Gasteiger partial charge in [0, 0.05) is 12.1 Å². The van der Waals surface area contributed by atoms with E-state index in [9.17, 15) is 9.90 Å². The summed E-state index contributed by atoms with van der Waals surface area (Å²) >= 11 is 0. The number of hydrogen-bond acceptors (Lipinski definition) is 3. The van der Waals surface area contributed by atoms with Crippen molar-refractivity contribution in [2.45, 2.75) is 70.5 Å². The minimum absolute atomic E-state index is 0.121. The quantitative estimate of drug-likeness (QED) is 0.813. The number of aliphatic hydroxyl groups excluding tert-OH is 1. The van der Waals surface area contributed by atoms with Crippen LogP contribution in [-0.2, 0) is 4.79 Å². The fourth-order valence-corrected chi connectivity index (χ4v) is 3.52. The number of carbonyl (C=O) groups excluding carboxylic acids is 1. The minimum Gasteiger partial charge on any atom is -0.395 e. The van der Waals surface area contributed by atoms with E-state index in [2.05, 4.69) is 17.1 Å². The molecule has 2 N–H and O–H groups in total. The summed E-state index contributed by atoms with van der Waals surface area (Å²) in [5, 5.41) is 12.7. The van der Waals surface area contributed by atoms with Gasteiger partial charge in [-0.3, -0.25) is 9.69 Å². The average Bonchev–Trinajstić information content (AvgIpc) is 2.80. The first-order valence-corrected chi connectivity index (χ1v) is 7.80. The lowest BCUT2D eigenvalue weighted by atomic mass is 9.95. The third-order valence-corrected chi connectivity index (χ3v) is 4.94. The van der Waals surface area contributed by atoms with Crippen LogP contribution in [0.15, 0.2) is 0 Å². The topological polar surface area (TPSA) is 52.6 Å². The molecule has 4 heteroatoms. The Morgan fingerprint density at radius 2 is 2.00 bits per heavy atom. The predicted molar refractivity (Wildman–Crippen MR) is 75.8 cm³/mol. The molecule has 1 saturated carbocycles. The summed E-state index contributed by atoms with van der Waals surface area (Å²) in [6, 6.07) is 0.396. The lowest BCUT2D eigenvalue weighted by Gasteiger charge is -2.32. The van der Waals surface area contributed by atoms with Crippen molar-refractivity contribution in [3.05, 3.63) is 0 Å². The van der Waals surface area contributed by atoms with Crippen LogP contribution in [-0.4, -0.2) is 47.2 Å². The van der Waals surface area contributed by atoms with Gasteiger partial charge in [-0.05, 0) is 38.6 Å². The summed E-state index contributed by atoms with van der Waals surface area (Å²) in [6.45, 7) is 5.21. The molecule has 1 aliphatic carbocycles. The van der Waals surface area contributed by atoms with Gasteiger partial charge in [0.25, 0.3) is 0 Å². The van der Waals surface area contributed by atoms with Crippen LogP contribution in [0.2, 0.25) is 0 Å². The maximum absolute atomic E-state index is 12.3. The van der Waals surface area contributed by atoms with E-state index in [1.165, 1.54) is 19.3 Å². The summed E-state index contributed by atoms with van der Waals surface area (Å²) in [5.74, 6) is 0.620. The van der Waals surface area contributed by atoms with Crippen LogP contribution in [0.25, 0.3) is 0 Å². The third kappa shape index (κ3) is 3.48. The van der Waals surface area contributed by atoms with Crippen molar-refractivity contribution >= 4 is 5.91 Å². The summed E-state index contributed by atoms with van der Waals surface area (Å²) in [7, 11) is 0. The Morgan fingerprint density at radius 3 is 2.63 bits per heavy atom. The summed E-state index contributed by atoms with van der Waals surface area (Å²) in [4.78, 5) is 14.5. The zero-order valence-corrected chi connectivity index (χ0v) is 12.3. The Morgan fingerprint density at radius 1 is 1.32 bits per heavy atom. The van der Waals surface area contributed by atoms with E-state index in [0.29, 0.717) is 12.0 Å². The molecule has 1 saturated heterocycles. The summed E-state index contributed by atoms with van der Waals surface area (Å²) in [6.07, 6.45) is 7.10. The second-order valence-corrected chi connectivity index (χ2v) is 6.27. The molecule has 3 atom stereocenters. The smallest absolute Gasteiger partial charge is 0.237 e. The normalized spacial score (nSPS) is 31.3. The standard InChI is InChI=1S/C15H28N2O2/c1-11-8-9-17(14(11)10-18)12(2)15(19)16-13-6-4-3-5-7-13/h11-14,18H,3-10H2,1-2H3,(H,16,19). The van der Waals surface area contributed by atoms with Crippen molar-refractivity contribution < 1.29 is 9.90 Å². The van der Waals surface area contributed by atoms with Crippen molar-refractivity contribution in [3.8, 4) is 0 Å². The zero-order chi connectivity index (χ0) is 13.8. The highest BCUT2D eigenvalue weighted by molar-refractivity contribution is 5.81. The molecule has 19 heavy (non-hydrogen) atoms. The number of nitrogens with one attached hydrogen (secondary N) is 1. The first-order chi connectivity index (χ1) is 9.13. The number of aliphatic hydroxyl groups is 1. The molecule has 0 aromatic heterocycles. The highest BCUT2D eigenvalue weighted by Crippen LogP contribution is 2.26. The van der Waals surface area contributed by atoms with Crippen LogP contribution in [0.4, 0.5) is 0 Å². The molecule has 0 bridgehead atoms. The molecule has 2 fully saturated rings. The van der Waals surface area contributed by atoms with Crippen molar-refractivity contribution in [2.75, 3.05) is 13.2 Å². The van der Waals surface area contributed by atoms with Gasteiger partial charge in [0.05, 0.1) is 12.6 Å². The molecule has 4 nitrogen and oxygen atoms in total. The molecule has 2 aliphatic rings. The molecule has 1 aliphatic heterocycles. The van der Waals surface area contributed by atoms with Gasteiger partial charge in [0.1, 0.15) is 0 Å². The van der Waals surface area contributed by atoms with Crippen molar-refractivity contribution in [3.63, 3.8) is 0 Å². The monoisotopic (exact) mass is 268 g/mol. The Hall–Kier alpha value is -0.610. The number of amides is 1. The van der Waals surface area contributed by atoms with Crippen molar-refractivity contribution in [2.24, 2.45) is 5.92 Å². The van der Waals surface area contributed by atoms with Gasteiger partial charge in [-0.2, -0.15) is 0 Å². The second kappa shape index (κ2) is 6.71. The SMILES string of the molecule is CC1CCN(C(C)C(=O)NC2CCCCC2)C1CO. The average molecular weight is 268 g/mol. The molecule has 2 rings (SSSR count). The molecule has 3 unspecified atom stereocenters. The lowest BCUT2D eigenvalue weighted by molar-refractivity contribution is -0.127. The Bertz CT molecular complexity index is 303. The van der Waals surface area contributed by atoms with Crippen LogP contribution >= 0.6 is 0 Å². The number of carbonyl (C=O) groups is 1. The lowest BCUT2D eigenvalue weighted by Crippen LogP contribution is -2.51. The molecule has 1 heterocycles. The Balaban J connectivity index is 1.87. The third-order valence-electron chi connectivity index (χ3n) is 4.94. The highest BCUT2D eigenvalue weighted by atomic mass is 16.3. The van der Waals surface area contributed by atoms with E-state index in [-0.39, 0.29) is 24.6 Å². The maximum Gasteiger partial charge on any atom is 0.237 e. The van der Waals surface area contributed by atoms with Crippen LogP contribution in [0, 0.1) is 5.92 Å². The van der Waals surface area contributed by atoms with E-state index in [0.717, 1.165) is 25.8 Å². The van der Waals surface area contributed by atoms with Gasteiger partial charge in [0.2, 0.25) is 5.91 Å². The van der Waals surface area contributed by atoms with Crippen LogP contribution in [0.3, 0.4) is 0 Å². The fraction of sp³-hybridized carbons (Fsp3) is 0.933. The van der Waals surface area contributed by atoms with E-state index >= 15 is 0 Å². The van der Waals surface area contributed by atoms with Gasteiger partial charge in [-0.15, -0.1) is 0 Å². The zero-order valence-electron chi connectivity index (χ0n) is 12.3. The Kier molecular flexibility index (Phi) is 5.22. The summed E-state index contributed by atoms with van der Waals surface area (Å²) < 4.78 is 0. The van der Waals surface area contributed by atoms with Gasteiger partial charge < -0.3 is 10.4 Å². The van der Waals surface area contributed by atoms with Crippen LogP contribution in [0.5, 0.6) is 0 Å². The maximum atomic E-state index is 12.3. The molecule has 0 aromatic rings. The second-order valence-electron chi connectivity index (χ2n) is 6.27. The first kappa shape index (κ1) is 14.8. The molecular weight excluding hydrogens is 240 g/mol. The van der Waals surface area contributed by atoms with E-state index in [1.807, 2.05) is 6.92 Å². The first-order valence-electron chi connectivity index (χ1n) is 7.80. The van der Waals surface area contributed by atoms with E-state index < -0.39 is 0 Å². The molecule has 0 radical (unpaired) electrons. The molecule has 1 amide bonds. The highest BCUT2D eigenvalue weighted by Gasteiger charge is 2.36. The minimum atomic E-state index is -0.121. The predicted octanol–water partition coefficient (Wildman–Crippen LogP) is 1.53. The van der Waals surface area contributed by atoms with Crippen LogP contribution < -0.4 is 5.32 Å². The van der Waals surface area contributed by atoms with Crippen LogP contribution in [0.1, 0.15) is 52.4 Å². The molecular formula is C15H28N2O2. The summed E-state index contributed by atoms with van der Waals surface area (Å²) in [5.41, 5.74) is 0. The molecule has 110 valence electrons. The van der Waals surface area contributed by atoms with Gasteiger partial charge in [-0.1, -0.05) is 26.2 Å². The number of hydrogen-bond donors (Lipinski definition) is 2. The van der Waals surface area contributed by atoms with Gasteiger partial charge in [-0.25, -0.2) is 0 Å². The van der Waals surface area contributed by atoms with E-state index in [1.54, 1.807) is 0 Å². The number of likely N-dealkylation sites (tertiary alicyclic amines) is 1. The van der Waals surface area contributed by atoms with Gasteiger partial charge >= 0.3 is 0 Å². The molecule has 0 spiro atoms. The molecule has 0 aromatic carbocycles. The van der Waals surface area contributed by atoms with Crippen molar-refractivity contribution in [1.29, 1.82) is 0 Å². The Labute approximate surface area is 116 Å². The van der Waals surface area contributed by atoms with Crippen molar-refractivity contribution in [1.82, 2.24) is 10.2 Å².